The van der Waals surface area contributed by atoms with E-state index in [2.05, 4.69) is 490 Å². The maximum absolute atomic E-state index is 2.39. The Morgan fingerprint density at radius 1 is 0.187 bits per heavy atom. The van der Waals surface area contributed by atoms with Gasteiger partial charge in [0.1, 0.15) is 0 Å². The number of rotatable bonds is 0. The SMILES string of the molecule is CN1c2ccccc2C=Cc2c1c1ccccc1c1ccccc21.CN1c2ccccc2C=Cc2c1ccc1c2-c2ccccc2C1(C)C.CN1c2ccccc2C=Cc2cc3c(cc21)-c1ccccc1C3(C)C.CN1c2ccccc2C=Cc2cc3cc4ccccc4cc3cc21.CN1c2ccccc2C=Cc2ccc3c(c21)C(C)(C)c1ccccc1-3. The molecule has 5 nitrogen and oxygen atoms in total. The first kappa shape index (κ1) is 75.9. The number of hydrogen-bond acceptors (Lipinski definition) is 5. The van der Waals surface area contributed by atoms with Crippen molar-refractivity contribution in [3.8, 4) is 33.4 Å². The van der Waals surface area contributed by atoms with Crippen molar-refractivity contribution in [1.29, 1.82) is 0 Å². The van der Waals surface area contributed by atoms with Crippen LogP contribution in [0.1, 0.15) is 131 Å². The van der Waals surface area contributed by atoms with Gasteiger partial charge in [-0.1, -0.05) is 357 Å². The highest BCUT2D eigenvalue weighted by Gasteiger charge is 2.42. The average Bonchev–Trinajstić information content (AvgIpc) is 1.59. The van der Waals surface area contributed by atoms with Gasteiger partial charge in [0, 0.05) is 113 Å². The summed E-state index contributed by atoms with van der Waals surface area (Å²) in [5.74, 6) is 0. The van der Waals surface area contributed by atoms with Crippen LogP contribution in [0, 0.1) is 0 Å². The standard InChI is InChI=1S/3C24H21N.2C23H17N/c1-24(2)20-10-6-5-9-18(20)19-15-23-17(14-21(19)24)13-12-16-8-4-7-11-22(16)25(23)3;1-24(2)20-10-6-5-9-18(20)19-15-14-17-13-12-16-8-4-7-11-21(16)25(3)23(17)22(19)24;1-24(2)19-10-6-5-9-17(19)23-18-13-12-16-8-4-7-11-21(16)25(3)22(18)15-14-20(23)24;1-24-22-13-7-2-8-16(22)14-15-21-19-11-4-3-9-17(19)18-10-5-6-12-20(18)23(21)24;1-24-22-9-5-4-6-16(22)10-11-19-14-20-12-17-7-2-3-8-18(17)13-21(20)15-23(19)24/h3*4-15H,1-3H3;2*2-15H,1H3. The van der Waals surface area contributed by atoms with Gasteiger partial charge in [-0.3, -0.25) is 0 Å². The molecule has 0 spiro atoms. The Labute approximate surface area is 723 Å². The third-order valence-electron chi connectivity index (χ3n) is 27.4. The van der Waals surface area contributed by atoms with Crippen molar-refractivity contribution >= 4 is 161 Å². The van der Waals surface area contributed by atoms with E-state index in [0.29, 0.717) is 0 Å². The zero-order chi connectivity index (χ0) is 83.7. The van der Waals surface area contributed by atoms with Gasteiger partial charge in [0.25, 0.3) is 0 Å². The Morgan fingerprint density at radius 2 is 0.561 bits per heavy atom. The molecule has 5 heteroatoms. The lowest BCUT2D eigenvalue weighted by molar-refractivity contribution is 0.660. The van der Waals surface area contributed by atoms with Crippen LogP contribution in [-0.4, -0.2) is 35.2 Å². The van der Waals surface area contributed by atoms with Crippen molar-refractivity contribution in [3.05, 3.63) is 417 Å². The second-order valence-corrected chi connectivity index (χ2v) is 35.4. The minimum atomic E-state index is -0.00134. The number of nitrogens with zero attached hydrogens (tertiary/aromatic N) is 5. The van der Waals surface area contributed by atoms with Gasteiger partial charge in [-0.25, -0.2) is 0 Å². The normalized spacial score (nSPS) is 14.7. The Kier molecular flexibility index (Phi) is 18.3. The predicted octanol–water partition coefficient (Wildman–Crippen LogP) is 31.2. The molecule has 0 atom stereocenters. The zero-order valence-corrected chi connectivity index (χ0v) is 71.7. The van der Waals surface area contributed by atoms with E-state index in [1.165, 1.54) is 222 Å². The summed E-state index contributed by atoms with van der Waals surface area (Å²) in [6.07, 6.45) is 22.5. The van der Waals surface area contributed by atoms with Crippen molar-refractivity contribution < 1.29 is 0 Å². The summed E-state index contributed by atoms with van der Waals surface area (Å²) in [6.45, 7) is 14.1. The molecule has 0 fully saturated rings. The lowest BCUT2D eigenvalue weighted by Crippen LogP contribution is -2.21. The molecule has 5 aliphatic heterocycles. The Hall–Kier alpha value is -14.5. The summed E-state index contributed by atoms with van der Waals surface area (Å²) in [6, 6.07) is 119. The van der Waals surface area contributed by atoms with Crippen molar-refractivity contribution in [2.24, 2.45) is 0 Å². The molecule has 25 rings (SSSR count). The lowest BCUT2D eigenvalue weighted by atomic mass is 9.80. The molecule has 594 valence electrons. The monoisotopic (exact) mass is 1580 g/mol. The molecular weight excluding hydrogens is 1490 g/mol. The van der Waals surface area contributed by atoms with E-state index in [-0.39, 0.29) is 16.2 Å². The number of hydrogen-bond donors (Lipinski definition) is 0. The van der Waals surface area contributed by atoms with E-state index >= 15 is 0 Å². The highest BCUT2D eigenvalue weighted by atomic mass is 15.1. The summed E-state index contributed by atoms with van der Waals surface area (Å²) in [5, 5.41) is 10.4. The molecule has 17 aromatic carbocycles. The zero-order valence-electron chi connectivity index (χ0n) is 71.7. The van der Waals surface area contributed by atoms with Crippen molar-refractivity contribution in [2.75, 3.05) is 59.7 Å². The van der Waals surface area contributed by atoms with Crippen LogP contribution in [0.5, 0.6) is 0 Å². The van der Waals surface area contributed by atoms with Gasteiger partial charge in [-0.05, 0) is 222 Å². The maximum Gasteiger partial charge on any atom is 0.0568 e. The molecule has 0 N–H and O–H groups in total. The Morgan fingerprint density at radius 3 is 1.12 bits per heavy atom. The van der Waals surface area contributed by atoms with Gasteiger partial charge in [0.05, 0.1) is 11.4 Å². The van der Waals surface area contributed by atoms with Crippen LogP contribution >= 0.6 is 0 Å². The quantitative estimate of drug-likeness (QED) is 0.111. The summed E-state index contributed by atoms with van der Waals surface area (Å²) in [5.41, 5.74) is 42.4. The fourth-order valence-corrected chi connectivity index (χ4v) is 21.1. The number of benzene rings is 17. The Balaban J connectivity index is 0.0000000945. The summed E-state index contributed by atoms with van der Waals surface area (Å²) in [7, 11) is 10.9. The fraction of sp³-hybridized carbons (Fsp3) is 0.119. The van der Waals surface area contributed by atoms with Crippen LogP contribution in [0.25, 0.3) is 137 Å². The molecule has 0 radical (unpaired) electrons. The summed E-state index contributed by atoms with van der Waals surface area (Å²) >= 11 is 0. The molecular formula is C118H97N5. The largest absolute Gasteiger partial charge is 0.344 e. The first-order chi connectivity index (χ1) is 59.9. The van der Waals surface area contributed by atoms with Crippen LogP contribution < -0.4 is 24.5 Å². The van der Waals surface area contributed by atoms with Crippen LogP contribution in [0.15, 0.2) is 328 Å². The molecule has 0 bridgehead atoms. The highest BCUT2D eigenvalue weighted by molar-refractivity contribution is 6.20. The highest BCUT2D eigenvalue weighted by Crippen LogP contribution is 2.58. The van der Waals surface area contributed by atoms with Gasteiger partial charge in [-0.15, -0.1) is 0 Å². The van der Waals surface area contributed by atoms with Gasteiger partial charge >= 0.3 is 0 Å². The van der Waals surface area contributed by atoms with Gasteiger partial charge < -0.3 is 24.5 Å². The third kappa shape index (κ3) is 12.5. The van der Waals surface area contributed by atoms with E-state index < -0.39 is 0 Å². The molecule has 17 aromatic rings. The van der Waals surface area contributed by atoms with E-state index in [1.807, 2.05) is 0 Å². The third-order valence-corrected chi connectivity index (χ3v) is 27.4. The van der Waals surface area contributed by atoms with Crippen molar-refractivity contribution in [3.63, 3.8) is 0 Å². The molecule has 5 heterocycles. The minimum absolute atomic E-state index is 0.00134. The van der Waals surface area contributed by atoms with Crippen molar-refractivity contribution in [2.45, 2.75) is 57.8 Å². The van der Waals surface area contributed by atoms with Crippen LogP contribution in [0.3, 0.4) is 0 Å². The molecule has 0 saturated heterocycles. The average molecular weight is 1590 g/mol. The van der Waals surface area contributed by atoms with E-state index in [4.69, 9.17) is 0 Å². The van der Waals surface area contributed by atoms with Gasteiger partial charge in [-0.2, -0.15) is 0 Å². The number of fused-ring (bicyclic) bond motifs is 28. The summed E-state index contributed by atoms with van der Waals surface area (Å²) in [4.78, 5) is 11.6. The molecule has 0 unspecified atom stereocenters. The first-order valence-corrected chi connectivity index (χ1v) is 43.2. The first-order valence-electron chi connectivity index (χ1n) is 43.2. The van der Waals surface area contributed by atoms with Crippen LogP contribution in [-0.2, 0) is 16.2 Å². The van der Waals surface area contributed by atoms with Gasteiger partial charge in [0.2, 0.25) is 0 Å². The van der Waals surface area contributed by atoms with Crippen LogP contribution in [0.2, 0.25) is 0 Å². The molecule has 123 heavy (non-hydrogen) atoms. The molecule has 0 saturated carbocycles. The minimum Gasteiger partial charge on any atom is -0.344 e. The van der Waals surface area contributed by atoms with Crippen molar-refractivity contribution in [1.82, 2.24) is 0 Å². The molecule has 8 aliphatic rings. The summed E-state index contributed by atoms with van der Waals surface area (Å²) < 4.78 is 0. The number of anilines is 10. The molecule has 3 aliphatic carbocycles. The fourth-order valence-electron chi connectivity index (χ4n) is 21.1. The lowest BCUT2D eigenvalue weighted by Gasteiger charge is -2.30. The predicted molar refractivity (Wildman–Crippen MR) is 532 cm³/mol. The molecule has 0 aromatic heterocycles. The Bertz CT molecular complexity index is 7360. The van der Waals surface area contributed by atoms with E-state index in [9.17, 15) is 0 Å². The van der Waals surface area contributed by atoms with E-state index in [0.717, 1.165) is 0 Å². The second kappa shape index (κ2) is 29.7. The van der Waals surface area contributed by atoms with Gasteiger partial charge in [0.15, 0.2) is 0 Å². The smallest absolute Gasteiger partial charge is 0.0568 e. The second-order valence-electron chi connectivity index (χ2n) is 35.4. The van der Waals surface area contributed by atoms with E-state index in [1.54, 1.807) is 0 Å². The maximum atomic E-state index is 2.39. The topological polar surface area (TPSA) is 16.2 Å². The molecule has 0 amide bonds. The number of para-hydroxylation sites is 5. The van der Waals surface area contributed by atoms with Crippen LogP contribution in [0.4, 0.5) is 56.9 Å².